The highest BCUT2D eigenvalue weighted by molar-refractivity contribution is 5.67. The average molecular weight is 270 g/mol. The zero-order chi connectivity index (χ0) is 14.3. The van der Waals surface area contributed by atoms with Crippen LogP contribution in [0.3, 0.4) is 0 Å². The van der Waals surface area contributed by atoms with Gasteiger partial charge in [-0.25, -0.2) is 4.68 Å². The van der Waals surface area contributed by atoms with Gasteiger partial charge in [-0.05, 0) is 23.8 Å². The topological polar surface area (TPSA) is 90.1 Å². The minimum atomic E-state index is -0.880. The second-order valence-corrected chi connectivity index (χ2v) is 4.58. The average Bonchev–Trinajstić information content (AvgIpc) is 2.77. The lowest BCUT2D eigenvalue weighted by Gasteiger charge is -2.17. The lowest BCUT2D eigenvalue weighted by atomic mass is 10.1. The molecule has 19 heavy (non-hydrogen) atoms. The number of carboxylic acid groups (broad SMARTS) is 1. The van der Waals surface area contributed by atoms with E-state index in [-0.39, 0.29) is 12.3 Å². The summed E-state index contributed by atoms with van der Waals surface area (Å²) in [5.74, 6) is 0.165. The molecule has 7 heteroatoms. The Hall–Kier alpha value is -1.50. The van der Waals surface area contributed by atoms with E-state index >= 15 is 0 Å². The Kier molecular flexibility index (Phi) is 6.41. The molecule has 0 aliphatic rings. The smallest absolute Gasteiger partial charge is 0.306 e. The van der Waals surface area contributed by atoms with Gasteiger partial charge in [-0.3, -0.25) is 4.79 Å². The van der Waals surface area contributed by atoms with Gasteiger partial charge in [-0.1, -0.05) is 20.3 Å². The van der Waals surface area contributed by atoms with Crippen LogP contribution in [-0.4, -0.2) is 44.0 Å². The van der Waals surface area contributed by atoms with Crippen LogP contribution in [0.1, 0.15) is 51.8 Å². The molecule has 0 radical (unpaired) electrons. The van der Waals surface area contributed by atoms with Crippen LogP contribution in [0.15, 0.2) is 0 Å². The summed E-state index contributed by atoms with van der Waals surface area (Å²) in [6, 6.07) is 0. The van der Waals surface area contributed by atoms with Crippen LogP contribution in [0.2, 0.25) is 0 Å². The number of nitrogens with zero attached hydrogens (tertiary/aromatic N) is 4. The molecule has 0 saturated carbocycles. The first-order valence-electron chi connectivity index (χ1n) is 6.67. The zero-order valence-electron chi connectivity index (χ0n) is 11.7. The summed E-state index contributed by atoms with van der Waals surface area (Å²) in [6.07, 6.45) is 1.60. The van der Waals surface area contributed by atoms with E-state index in [0.717, 1.165) is 18.7 Å². The maximum absolute atomic E-state index is 10.8. The molecule has 7 nitrogen and oxygen atoms in total. The number of hydrogen-bond acceptors (Lipinski definition) is 5. The summed E-state index contributed by atoms with van der Waals surface area (Å²) in [7, 11) is 0. The standard InChI is InChI=1S/C12H22N4O3/c1-4-6-9(3)12-13-14-15-16(12)8-10(19-5-2)7-11(17)18/h9-10H,4-8H2,1-3H3,(H,17,18). The van der Waals surface area contributed by atoms with Gasteiger partial charge in [0.25, 0.3) is 0 Å². The van der Waals surface area contributed by atoms with E-state index in [2.05, 4.69) is 29.4 Å². The second-order valence-electron chi connectivity index (χ2n) is 4.58. The van der Waals surface area contributed by atoms with Gasteiger partial charge in [0.1, 0.15) is 0 Å². The Morgan fingerprint density at radius 2 is 2.21 bits per heavy atom. The Bertz CT molecular complexity index is 394. The van der Waals surface area contributed by atoms with Crippen molar-refractivity contribution in [1.82, 2.24) is 20.2 Å². The molecule has 0 fully saturated rings. The first kappa shape index (κ1) is 15.6. The van der Waals surface area contributed by atoms with E-state index in [1.54, 1.807) is 4.68 Å². The fourth-order valence-electron chi connectivity index (χ4n) is 2.06. The van der Waals surface area contributed by atoms with E-state index in [1.807, 2.05) is 6.92 Å². The van der Waals surface area contributed by atoms with Crippen LogP contribution >= 0.6 is 0 Å². The fourth-order valence-corrected chi connectivity index (χ4v) is 2.06. The third kappa shape index (κ3) is 4.94. The van der Waals surface area contributed by atoms with E-state index in [4.69, 9.17) is 9.84 Å². The van der Waals surface area contributed by atoms with Crippen LogP contribution in [0.25, 0.3) is 0 Å². The normalized spacial score (nSPS) is 14.3. The highest BCUT2D eigenvalue weighted by Crippen LogP contribution is 2.18. The number of aliphatic carboxylic acids is 1. The van der Waals surface area contributed by atoms with Crippen molar-refractivity contribution in [3.8, 4) is 0 Å². The highest BCUT2D eigenvalue weighted by Gasteiger charge is 2.19. The molecule has 1 aromatic heterocycles. The first-order chi connectivity index (χ1) is 9.08. The molecule has 1 heterocycles. The van der Waals surface area contributed by atoms with Crippen LogP contribution < -0.4 is 0 Å². The summed E-state index contributed by atoms with van der Waals surface area (Å²) >= 11 is 0. The molecule has 0 amide bonds. The molecule has 108 valence electrons. The third-order valence-electron chi connectivity index (χ3n) is 2.90. The van der Waals surface area contributed by atoms with Crippen molar-refractivity contribution in [3.05, 3.63) is 5.82 Å². The van der Waals surface area contributed by atoms with Gasteiger partial charge in [0.05, 0.1) is 19.1 Å². The largest absolute Gasteiger partial charge is 0.481 e. The Morgan fingerprint density at radius 3 is 2.79 bits per heavy atom. The molecule has 0 aliphatic carbocycles. The number of aromatic nitrogens is 4. The summed E-state index contributed by atoms with van der Waals surface area (Å²) < 4.78 is 7.08. The molecule has 2 unspecified atom stereocenters. The molecule has 0 aromatic carbocycles. The van der Waals surface area contributed by atoms with Crippen molar-refractivity contribution in [2.75, 3.05) is 6.61 Å². The minimum absolute atomic E-state index is 0.0463. The SMILES string of the molecule is CCCC(C)c1nnnn1CC(CC(=O)O)OCC. The molecule has 2 atom stereocenters. The number of rotatable bonds is 9. The Balaban J connectivity index is 2.73. The van der Waals surface area contributed by atoms with Crippen LogP contribution in [0.4, 0.5) is 0 Å². The van der Waals surface area contributed by atoms with Crippen molar-refractivity contribution in [2.45, 2.75) is 58.6 Å². The van der Waals surface area contributed by atoms with Gasteiger partial charge < -0.3 is 9.84 Å². The molecule has 0 saturated heterocycles. The van der Waals surface area contributed by atoms with Crippen LogP contribution in [0.5, 0.6) is 0 Å². The van der Waals surface area contributed by atoms with Crippen molar-refractivity contribution < 1.29 is 14.6 Å². The van der Waals surface area contributed by atoms with Crippen LogP contribution in [-0.2, 0) is 16.1 Å². The quantitative estimate of drug-likeness (QED) is 0.730. The summed E-state index contributed by atoms with van der Waals surface area (Å²) in [5.41, 5.74) is 0. The monoisotopic (exact) mass is 270 g/mol. The van der Waals surface area contributed by atoms with Gasteiger partial charge in [0.15, 0.2) is 5.82 Å². The number of tetrazole rings is 1. The van der Waals surface area contributed by atoms with Crippen molar-refractivity contribution in [3.63, 3.8) is 0 Å². The third-order valence-corrected chi connectivity index (χ3v) is 2.90. The molecular weight excluding hydrogens is 248 g/mol. The number of hydrogen-bond donors (Lipinski definition) is 1. The molecule has 0 bridgehead atoms. The summed E-state index contributed by atoms with van der Waals surface area (Å²) in [6.45, 7) is 6.86. The van der Waals surface area contributed by atoms with E-state index in [0.29, 0.717) is 13.2 Å². The number of carboxylic acids is 1. The highest BCUT2D eigenvalue weighted by atomic mass is 16.5. The molecule has 0 spiro atoms. The molecule has 0 aliphatic heterocycles. The maximum Gasteiger partial charge on any atom is 0.306 e. The zero-order valence-corrected chi connectivity index (χ0v) is 11.7. The van der Waals surface area contributed by atoms with E-state index in [9.17, 15) is 4.79 Å². The Morgan fingerprint density at radius 1 is 1.47 bits per heavy atom. The second kappa shape index (κ2) is 7.83. The van der Waals surface area contributed by atoms with Crippen LogP contribution in [0, 0.1) is 0 Å². The lowest BCUT2D eigenvalue weighted by Crippen LogP contribution is -2.25. The fraction of sp³-hybridized carbons (Fsp3) is 0.833. The Labute approximate surface area is 112 Å². The van der Waals surface area contributed by atoms with Gasteiger partial charge in [0.2, 0.25) is 0 Å². The van der Waals surface area contributed by atoms with Gasteiger partial charge in [-0.2, -0.15) is 0 Å². The van der Waals surface area contributed by atoms with E-state index < -0.39 is 12.1 Å². The van der Waals surface area contributed by atoms with Gasteiger partial charge >= 0.3 is 5.97 Å². The number of ether oxygens (including phenoxy) is 1. The summed E-state index contributed by atoms with van der Waals surface area (Å²) in [4.78, 5) is 10.8. The predicted octanol–water partition coefficient (Wildman–Crippen LogP) is 1.46. The summed E-state index contributed by atoms with van der Waals surface area (Å²) in [5, 5.41) is 20.5. The minimum Gasteiger partial charge on any atom is -0.481 e. The van der Waals surface area contributed by atoms with Crippen molar-refractivity contribution in [1.29, 1.82) is 0 Å². The van der Waals surface area contributed by atoms with Gasteiger partial charge in [-0.15, -0.1) is 5.10 Å². The molecule has 1 rings (SSSR count). The lowest BCUT2D eigenvalue weighted by molar-refractivity contribution is -0.140. The number of carbonyl (C=O) groups is 1. The predicted molar refractivity (Wildman–Crippen MR) is 68.8 cm³/mol. The maximum atomic E-state index is 10.8. The van der Waals surface area contributed by atoms with Crippen molar-refractivity contribution in [2.24, 2.45) is 0 Å². The van der Waals surface area contributed by atoms with Gasteiger partial charge in [0, 0.05) is 12.5 Å². The first-order valence-corrected chi connectivity index (χ1v) is 6.67. The van der Waals surface area contributed by atoms with E-state index in [1.165, 1.54) is 0 Å². The molecule has 1 aromatic rings. The molecule has 1 N–H and O–H groups in total. The van der Waals surface area contributed by atoms with Crippen molar-refractivity contribution >= 4 is 5.97 Å². The molecular formula is C12H22N4O3.